The third-order valence-corrected chi connectivity index (χ3v) is 3.98. The first-order valence-corrected chi connectivity index (χ1v) is 8.48. The zero-order valence-corrected chi connectivity index (χ0v) is 14.1. The van der Waals surface area contributed by atoms with Gasteiger partial charge in [0, 0.05) is 22.9 Å². The molecule has 6 nitrogen and oxygen atoms in total. The number of nitrogens with two attached hydrogens (primary N) is 2. The van der Waals surface area contributed by atoms with Crippen LogP contribution in [0.5, 0.6) is 11.5 Å². The van der Waals surface area contributed by atoms with Crippen molar-refractivity contribution in [3.63, 3.8) is 0 Å². The second-order valence-corrected chi connectivity index (χ2v) is 5.85. The molecule has 0 saturated heterocycles. The van der Waals surface area contributed by atoms with Crippen molar-refractivity contribution in [1.82, 2.24) is 4.98 Å². The Bertz CT molecular complexity index is 850. The third-order valence-electron chi connectivity index (χ3n) is 3.98. The van der Waals surface area contributed by atoms with Gasteiger partial charge in [-0.05, 0) is 50.2 Å². The van der Waals surface area contributed by atoms with E-state index in [1.165, 1.54) is 0 Å². The largest absolute Gasteiger partial charge is 0.493 e. The van der Waals surface area contributed by atoms with Gasteiger partial charge < -0.3 is 25.9 Å². The smallest absolute Gasteiger partial charge is 0.197 e. The molecule has 1 aromatic heterocycles. The number of aromatic nitrogens is 1. The number of H-pyrrole nitrogens is 1. The number of aromatic amines is 1. The number of rotatable bonds is 8. The van der Waals surface area contributed by atoms with Gasteiger partial charge in [0.1, 0.15) is 11.5 Å². The van der Waals surface area contributed by atoms with Crippen LogP contribution >= 0.6 is 0 Å². The number of hydrogen-bond donors (Lipinski definition) is 3. The number of pyridine rings is 1. The first-order chi connectivity index (χ1) is 12.2. The van der Waals surface area contributed by atoms with Crippen LogP contribution in [0.2, 0.25) is 0 Å². The molecule has 25 heavy (non-hydrogen) atoms. The monoisotopic (exact) mass is 341 g/mol. The van der Waals surface area contributed by atoms with Crippen molar-refractivity contribution in [2.45, 2.75) is 12.8 Å². The minimum absolute atomic E-state index is 0.00855. The highest BCUT2D eigenvalue weighted by atomic mass is 16.5. The van der Waals surface area contributed by atoms with E-state index in [-0.39, 0.29) is 5.43 Å². The van der Waals surface area contributed by atoms with E-state index in [0.717, 1.165) is 23.9 Å². The molecule has 1 heterocycles. The van der Waals surface area contributed by atoms with Crippen molar-refractivity contribution < 1.29 is 9.47 Å². The predicted octanol–water partition coefficient (Wildman–Crippen LogP) is 2.14. The summed E-state index contributed by atoms with van der Waals surface area (Å²) in [4.78, 5) is 16.0. The maximum absolute atomic E-state index is 12.7. The quantitative estimate of drug-likeness (QED) is 0.430. The zero-order valence-electron chi connectivity index (χ0n) is 14.1. The summed E-state index contributed by atoms with van der Waals surface area (Å²) in [5, 5.41) is 1.27. The van der Waals surface area contributed by atoms with E-state index in [4.69, 9.17) is 20.9 Å². The summed E-state index contributed by atoms with van der Waals surface area (Å²) in [6.45, 7) is 2.28. The third kappa shape index (κ3) is 3.92. The second-order valence-electron chi connectivity index (χ2n) is 5.85. The Morgan fingerprint density at radius 2 is 1.28 bits per heavy atom. The first kappa shape index (κ1) is 17.3. The first-order valence-electron chi connectivity index (χ1n) is 8.48. The molecule has 2 aromatic carbocycles. The van der Waals surface area contributed by atoms with Gasteiger partial charge in [0.15, 0.2) is 5.43 Å². The van der Waals surface area contributed by atoms with E-state index in [0.29, 0.717) is 48.6 Å². The van der Waals surface area contributed by atoms with Crippen LogP contribution in [0, 0.1) is 0 Å². The molecule has 5 N–H and O–H groups in total. The summed E-state index contributed by atoms with van der Waals surface area (Å²) in [5.41, 5.74) is 12.4. The summed E-state index contributed by atoms with van der Waals surface area (Å²) >= 11 is 0. The Kier molecular flexibility index (Phi) is 5.53. The van der Waals surface area contributed by atoms with Crippen LogP contribution in [-0.2, 0) is 0 Å². The number of fused-ring (bicyclic) bond motifs is 2. The van der Waals surface area contributed by atoms with E-state index in [2.05, 4.69) is 4.98 Å². The van der Waals surface area contributed by atoms with Gasteiger partial charge in [-0.25, -0.2) is 0 Å². The van der Waals surface area contributed by atoms with Crippen molar-refractivity contribution in [2.24, 2.45) is 11.5 Å². The van der Waals surface area contributed by atoms with Crippen LogP contribution in [0.25, 0.3) is 21.8 Å². The van der Waals surface area contributed by atoms with Gasteiger partial charge >= 0.3 is 0 Å². The highest BCUT2D eigenvalue weighted by Crippen LogP contribution is 2.23. The Morgan fingerprint density at radius 1 is 0.800 bits per heavy atom. The molecule has 0 unspecified atom stereocenters. The van der Waals surface area contributed by atoms with Crippen LogP contribution in [0.3, 0.4) is 0 Å². The number of nitrogens with one attached hydrogen (secondary N) is 1. The average molecular weight is 341 g/mol. The fourth-order valence-corrected chi connectivity index (χ4v) is 2.67. The number of ether oxygens (including phenoxy) is 2. The van der Waals surface area contributed by atoms with Crippen LogP contribution in [-0.4, -0.2) is 31.3 Å². The molecular weight excluding hydrogens is 318 g/mol. The maximum Gasteiger partial charge on any atom is 0.197 e. The van der Waals surface area contributed by atoms with E-state index in [1.54, 1.807) is 12.1 Å². The topological polar surface area (TPSA) is 103 Å². The van der Waals surface area contributed by atoms with E-state index >= 15 is 0 Å². The van der Waals surface area contributed by atoms with Gasteiger partial charge in [0.2, 0.25) is 0 Å². The van der Waals surface area contributed by atoms with E-state index in [9.17, 15) is 4.79 Å². The van der Waals surface area contributed by atoms with Crippen molar-refractivity contribution in [1.29, 1.82) is 0 Å². The molecule has 0 bridgehead atoms. The normalized spacial score (nSPS) is 11.1. The Balaban J connectivity index is 1.96. The molecule has 0 radical (unpaired) electrons. The minimum Gasteiger partial charge on any atom is -0.493 e. The molecule has 0 aliphatic heterocycles. The van der Waals surface area contributed by atoms with Gasteiger partial charge in [-0.15, -0.1) is 0 Å². The summed E-state index contributed by atoms with van der Waals surface area (Å²) in [5.74, 6) is 1.43. The highest BCUT2D eigenvalue weighted by Gasteiger charge is 2.08. The molecule has 3 aromatic rings. The maximum atomic E-state index is 12.7. The average Bonchev–Trinajstić information content (AvgIpc) is 2.62. The molecule has 0 fully saturated rings. The van der Waals surface area contributed by atoms with Crippen LogP contribution in [0.15, 0.2) is 41.2 Å². The second kappa shape index (κ2) is 8.00. The Labute approximate surface area is 145 Å². The van der Waals surface area contributed by atoms with Gasteiger partial charge in [-0.2, -0.15) is 0 Å². The fourth-order valence-electron chi connectivity index (χ4n) is 2.67. The molecule has 0 atom stereocenters. The summed E-state index contributed by atoms with van der Waals surface area (Å²) in [6, 6.07) is 10.9. The fraction of sp³-hybridized carbons (Fsp3) is 0.316. The molecule has 0 spiro atoms. The van der Waals surface area contributed by atoms with Gasteiger partial charge in [0.05, 0.1) is 24.2 Å². The molecule has 0 aliphatic carbocycles. The molecular formula is C19H23N3O3. The highest BCUT2D eigenvalue weighted by molar-refractivity contribution is 5.93. The van der Waals surface area contributed by atoms with E-state index in [1.807, 2.05) is 24.3 Å². The summed E-state index contributed by atoms with van der Waals surface area (Å²) in [7, 11) is 0. The molecule has 0 amide bonds. The van der Waals surface area contributed by atoms with Crippen LogP contribution < -0.4 is 26.4 Å². The lowest BCUT2D eigenvalue weighted by atomic mass is 10.1. The van der Waals surface area contributed by atoms with Crippen LogP contribution in [0.4, 0.5) is 0 Å². The molecule has 3 rings (SSSR count). The lowest BCUT2D eigenvalue weighted by Gasteiger charge is -2.09. The lowest BCUT2D eigenvalue weighted by molar-refractivity contribution is 0.314. The molecule has 0 saturated carbocycles. The molecule has 0 aliphatic rings. The number of benzene rings is 2. The number of hydrogen-bond acceptors (Lipinski definition) is 5. The summed E-state index contributed by atoms with van der Waals surface area (Å²) < 4.78 is 11.3. The zero-order chi connectivity index (χ0) is 17.6. The van der Waals surface area contributed by atoms with Crippen molar-refractivity contribution >= 4 is 21.8 Å². The molecule has 132 valence electrons. The Morgan fingerprint density at radius 3 is 1.72 bits per heavy atom. The Hall–Kier alpha value is -2.57. The summed E-state index contributed by atoms with van der Waals surface area (Å²) in [6.07, 6.45) is 1.57. The SMILES string of the molecule is NCCCOc1ccc2c(=O)c3ccc(OCCCN)cc3[nH]c2c1. The van der Waals surface area contributed by atoms with Gasteiger partial charge in [0.25, 0.3) is 0 Å². The van der Waals surface area contributed by atoms with Gasteiger partial charge in [-0.3, -0.25) is 4.79 Å². The standard InChI is InChI=1S/C19H23N3O3/c20-7-1-9-24-13-3-5-15-17(11-13)22-18-12-14(25-10-2-8-21)4-6-16(18)19(15)23/h3-6,11-12H,1-2,7-10,20-21H2,(H,22,23). The van der Waals surface area contributed by atoms with E-state index < -0.39 is 0 Å². The van der Waals surface area contributed by atoms with Crippen LogP contribution in [0.1, 0.15) is 12.8 Å². The minimum atomic E-state index is -0.00855. The van der Waals surface area contributed by atoms with Crippen molar-refractivity contribution in [3.05, 3.63) is 46.6 Å². The predicted molar refractivity (Wildman–Crippen MR) is 100 cm³/mol. The van der Waals surface area contributed by atoms with Gasteiger partial charge in [-0.1, -0.05) is 0 Å². The lowest BCUT2D eigenvalue weighted by Crippen LogP contribution is -2.08. The van der Waals surface area contributed by atoms with Crippen molar-refractivity contribution in [3.8, 4) is 11.5 Å². The molecule has 6 heteroatoms. The van der Waals surface area contributed by atoms with Crippen molar-refractivity contribution in [2.75, 3.05) is 26.3 Å².